The van der Waals surface area contributed by atoms with Crippen molar-refractivity contribution in [3.05, 3.63) is 57.6 Å². The van der Waals surface area contributed by atoms with Crippen LogP contribution in [0.25, 0.3) is 0 Å². The smallest absolute Gasteiger partial charge is 0.161 e. The third-order valence-electron chi connectivity index (χ3n) is 6.34. The van der Waals surface area contributed by atoms with Crippen LogP contribution in [0.5, 0.6) is 5.75 Å². The summed E-state index contributed by atoms with van der Waals surface area (Å²) in [6, 6.07) is 11.1. The summed E-state index contributed by atoms with van der Waals surface area (Å²) in [5, 5.41) is 11.5. The molecule has 0 saturated carbocycles. The number of likely N-dealkylation sites (tertiary alicyclic amines) is 1. The zero-order valence-corrected chi connectivity index (χ0v) is 18.1. The molecule has 2 aliphatic heterocycles. The van der Waals surface area contributed by atoms with Gasteiger partial charge in [-0.1, -0.05) is 41.8 Å². The summed E-state index contributed by atoms with van der Waals surface area (Å²) < 4.78 is 0. The highest BCUT2D eigenvalue weighted by Crippen LogP contribution is 2.44. The lowest BCUT2D eigenvalue weighted by Crippen LogP contribution is -2.61. The number of aromatic hydroxyl groups is 1. The molecule has 6 heteroatoms. The van der Waals surface area contributed by atoms with Gasteiger partial charge in [0.15, 0.2) is 5.78 Å². The molecule has 1 saturated heterocycles. The number of anilines is 1. The molecule has 0 radical (unpaired) electrons. The second-order valence-corrected chi connectivity index (χ2v) is 8.87. The van der Waals surface area contributed by atoms with Gasteiger partial charge in [0, 0.05) is 24.3 Å². The first kappa shape index (κ1) is 20.5. The molecule has 1 atom stereocenters. The van der Waals surface area contributed by atoms with E-state index in [2.05, 4.69) is 9.80 Å². The van der Waals surface area contributed by atoms with Crippen molar-refractivity contribution in [3.63, 3.8) is 0 Å². The van der Waals surface area contributed by atoms with Gasteiger partial charge in [0.1, 0.15) is 11.3 Å². The van der Waals surface area contributed by atoms with E-state index in [0.29, 0.717) is 29.6 Å². The molecule has 0 spiro atoms. The van der Waals surface area contributed by atoms with Crippen LogP contribution < -0.4 is 4.90 Å². The third kappa shape index (κ3) is 3.63. The number of Topliss-reactive ketones (excluding diaryl/α,β-unsaturated/α-hetero) is 1. The summed E-state index contributed by atoms with van der Waals surface area (Å²) >= 11 is 12.5. The number of hydrogen-bond acceptors (Lipinski definition) is 4. The number of phenols is 1. The molecule has 0 aliphatic carbocycles. The van der Waals surface area contributed by atoms with E-state index in [4.69, 9.17) is 23.2 Å². The van der Waals surface area contributed by atoms with Crippen LogP contribution in [-0.4, -0.2) is 42.0 Å². The number of piperidine rings is 1. The van der Waals surface area contributed by atoms with Crippen molar-refractivity contribution in [2.45, 2.75) is 38.1 Å². The molecule has 2 aromatic rings. The molecule has 154 valence electrons. The van der Waals surface area contributed by atoms with Crippen LogP contribution in [0.1, 0.15) is 37.3 Å². The highest BCUT2D eigenvalue weighted by atomic mass is 35.5. The predicted octanol–water partition coefficient (Wildman–Crippen LogP) is 5.03. The number of fused-ring (bicyclic) bond motifs is 1. The first-order valence-electron chi connectivity index (χ1n) is 10.2. The van der Waals surface area contributed by atoms with Gasteiger partial charge in [0.2, 0.25) is 0 Å². The molecule has 2 aromatic carbocycles. The number of phenolic OH excluding ortho intramolecular Hbond substituents is 1. The number of nitrogens with zero attached hydrogens (tertiary/aromatic N) is 2. The van der Waals surface area contributed by atoms with Gasteiger partial charge in [-0.25, -0.2) is 0 Å². The summed E-state index contributed by atoms with van der Waals surface area (Å²) in [5.74, 6) is 0.334. The molecule has 4 nitrogen and oxygen atoms in total. The molecule has 2 aliphatic rings. The lowest BCUT2D eigenvalue weighted by molar-refractivity contribution is -0.123. The SMILES string of the molecule is CC(=O)C1(CN2CCCCC2)c2cccc(O)c2CCN1c1ccc(Cl)c(Cl)c1. The quantitative estimate of drug-likeness (QED) is 0.735. The second-order valence-electron chi connectivity index (χ2n) is 8.06. The van der Waals surface area contributed by atoms with Crippen molar-refractivity contribution < 1.29 is 9.90 Å². The van der Waals surface area contributed by atoms with Crippen molar-refractivity contribution in [3.8, 4) is 5.75 Å². The number of halogens is 2. The summed E-state index contributed by atoms with van der Waals surface area (Å²) in [5.41, 5.74) is 1.77. The van der Waals surface area contributed by atoms with Crippen LogP contribution in [0.3, 0.4) is 0 Å². The second kappa shape index (κ2) is 8.17. The van der Waals surface area contributed by atoms with E-state index in [1.165, 1.54) is 6.42 Å². The molecule has 1 unspecified atom stereocenters. The minimum Gasteiger partial charge on any atom is -0.508 e. The Hall–Kier alpha value is -1.75. The summed E-state index contributed by atoms with van der Waals surface area (Å²) in [7, 11) is 0. The van der Waals surface area contributed by atoms with Gasteiger partial charge in [-0.2, -0.15) is 0 Å². The minimum absolute atomic E-state index is 0.0701. The van der Waals surface area contributed by atoms with E-state index in [1.54, 1.807) is 19.1 Å². The van der Waals surface area contributed by atoms with Crippen molar-refractivity contribution in [2.24, 2.45) is 0 Å². The number of ketones is 1. The summed E-state index contributed by atoms with van der Waals surface area (Å²) in [4.78, 5) is 17.9. The fraction of sp³-hybridized carbons (Fsp3) is 0.435. The van der Waals surface area contributed by atoms with Gasteiger partial charge >= 0.3 is 0 Å². The topological polar surface area (TPSA) is 43.8 Å². The maximum Gasteiger partial charge on any atom is 0.161 e. The molecule has 0 aromatic heterocycles. The van der Waals surface area contributed by atoms with E-state index < -0.39 is 5.54 Å². The number of hydrogen-bond donors (Lipinski definition) is 1. The predicted molar refractivity (Wildman–Crippen MR) is 118 cm³/mol. The Morgan fingerprint density at radius 1 is 1.07 bits per heavy atom. The Labute approximate surface area is 182 Å². The molecule has 0 amide bonds. The number of benzene rings is 2. The zero-order chi connectivity index (χ0) is 20.6. The normalized spacial score (nSPS) is 22.4. The van der Waals surface area contributed by atoms with Gasteiger partial charge in [0.05, 0.1) is 10.0 Å². The number of carbonyl (C=O) groups excluding carboxylic acids is 1. The van der Waals surface area contributed by atoms with Gasteiger partial charge in [-0.3, -0.25) is 4.79 Å². The first-order valence-corrected chi connectivity index (χ1v) is 11.0. The third-order valence-corrected chi connectivity index (χ3v) is 7.08. The Kier molecular flexibility index (Phi) is 5.78. The van der Waals surface area contributed by atoms with Crippen molar-refractivity contribution >= 4 is 34.7 Å². The van der Waals surface area contributed by atoms with Crippen LogP contribution in [0.15, 0.2) is 36.4 Å². The van der Waals surface area contributed by atoms with Crippen LogP contribution in [0.2, 0.25) is 10.0 Å². The van der Waals surface area contributed by atoms with Crippen molar-refractivity contribution in [1.82, 2.24) is 4.90 Å². The van der Waals surface area contributed by atoms with Crippen LogP contribution in [-0.2, 0) is 16.8 Å². The standard InChI is InChI=1S/C23H26Cl2N2O2/c1-16(28)23(15-26-11-3-2-4-12-26)19-6-5-7-22(29)18(19)10-13-27(23)17-8-9-20(24)21(25)14-17/h5-9,14,29H,2-4,10-13,15H2,1H3. The molecule has 4 rings (SSSR count). The molecular formula is C23H26Cl2N2O2. The Morgan fingerprint density at radius 2 is 1.83 bits per heavy atom. The lowest BCUT2D eigenvalue weighted by Gasteiger charge is -2.50. The summed E-state index contributed by atoms with van der Waals surface area (Å²) in [6.45, 7) is 4.85. The average molecular weight is 433 g/mol. The molecular weight excluding hydrogens is 407 g/mol. The highest BCUT2D eigenvalue weighted by molar-refractivity contribution is 6.42. The van der Waals surface area contributed by atoms with Gasteiger partial charge in [-0.05, 0) is 69.1 Å². The molecule has 1 N–H and O–H groups in total. The molecule has 1 fully saturated rings. The fourth-order valence-electron chi connectivity index (χ4n) is 4.89. The zero-order valence-electron chi connectivity index (χ0n) is 16.6. The van der Waals surface area contributed by atoms with E-state index in [1.807, 2.05) is 24.3 Å². The van der Waals surface area contributed by atoms with E-state index in [-0.39, 0.29) is 11.5 Å². The lowest BCUT2D eigenvalue weighted by atomic mass is 9.76. The maximum absolute atomic E-state index is 13.4. The summed E-state index contributed by atoms with van der Waals surface area (Å²) in [6.07, 6.45) is 4.19. The van der Waals surface area contributed by atoms with Crippen LogP contribution in [0.4, 0.5) is 5.69 Å². The van der Waals surface area contributed by atoms with Crippen LogP contribution in [0, 0.1) is 0 Å². The molecule has 29 heavy (non-hydrogen) atoms. The fourth-order valence-corrected chi connectivity index (χ4v) is 5.18. The van der Waals surface area contributed by atoms with E-state index in [0.717, 1.165) is 42.7 Å². The highest BCUT2D eigenvalue weighted by Gasteiger charge is 2.48. The Bertz CT molecular complexity index is 927. The minimum atomic E-state index is -0.874. The number of rotatable bonds is 4. The van der Waals surface area contributed by atoms with Crippen LogP contribution >= 0.6 is 23.2 Å². The van der Waals surface area contributed by atoms with Crippen molar-refractivity contribution in [1.29, 1.82) is 0 Å². The van der Waals surface area contributed by atoms with Gasteiger partial charge in [-0.15, -0.1) is 0 Å². The maximum atomic E-state index is 13.4. The Balaban J connectivity index is 1.88. The van der Waals surface area contributed by atoms with Gasteiger partial charge < -0.3 is 14.9 Å². The van der Waals surface area contributed by atoms with E-state index >= 15 is 0 Å². The molecule has 0 bridgehead atoms. The largest absolute Gasteiger partial charge is 0.508 e. The molecule has 2 heterocycles. The van der Waals surface area contributed by atoms with Crippen molar-refractivity contribution in [2.75, 3.05) is 31.1 Å². The Morgan fingerprint density at radius 3 is 2.52 bits per heavy atom. The average Bonchev–Trinajstić information content (AvgIpc) is 2.71. The first-order chi connectivity index (χ1) is 13.9. The van der Waals surface area contributed by atoms with Gasteiger partial charge in [0.25, 0.3) is 0 Å². The van der Waals surface area contributed by atoms with E-state index in [9.17, 15) is 9.90 Å². The number of carbonyl (C=O) groups is 1. The monoisotopic (exact) mass is 432 g/mol.